The van der Waals surface area contributed by atoms with E-state index in [2.05, 4.69) is 182 Å². The highest BCUT2D eigenvalue weighted by Gasteiger charge is 2.52. The fraction of sp³-hybridized carbons (Fsp3) is 0.0159. The number of rotatable bonds is 2. The van der Waals surface area contributed by atoms with E-state index in [4.69, 9.17) is 13.3 Å². The standard InChI is InChI=1S/C63H34O3/c1-3-18-40-38(16-1)56(35-28-29-44-55(34-35)65-53-33-32-52-59(60(44)53)43-21-8-12-27-51(43)64-52)39-17-2-4-19-41(39)57(40)45-22-13-23-46-61-54(66-62(45)46)31-30-50-58(61)42-20-7-11-26-49(42)63(50)47-24-9-5-14-36(47)37-15-6-10-25-48(37)63/h1-34H. The summed E-state index contributed by atoms with van der Waals surface area (Å²) >= 11 is 0. The van der Waals surface area contributed by atoms with Gasteiger partial charge in [0.05, 0.1) is 5.41 Å². The zero-order valence-electron chi connectivity index (χ0n) is 35.4. The first-order valence-corrected chi connectivity index (χ1v) is 22.7. The molecule has 0 saturated carbocycles. The van der Waals surface area contributed by atoms with Crippen molar-refractivity contribution >= 4 is 87.4 Å². The molecular formula is C63H34O3. The third-order valence-electron chi connectivity index (χ3n) is 15.1. The predicted octanol–water partition coefficient (Wildman–Crippen LogP) is 17.4. The lowest BCUT2D eigenvalue weighted by atomic mass is 9.70. The van der Waals surface area contributed by atoms with E-state index in [1.165, 1.54) is 82.6 Å². The van der Waals surface area contributed by atoms with Crippen molar-refractivity contribution in [3.63, 3.8) is 0 Å². The van der Waals surface area contributed by atoms with Crippen LogP contribution in [0.3, 0.4) is 0 Å². The summed E-state index contributed by atoms with van der Waals surface area (Å²) < 4.78 is 20.2. The van der Waals surface area contributed by atoms with Gasteiger partial charge < -0.3 is 13.3 Å². The second-order valence-corrected chi connectivity index (χ2v) is 18.1. The van der Waals surface area contributed by atoms with Crippen LogP contribution in [0.2, 0.25) is 0 Å². The van der Waals surface area contributed by atoms with Crippen LogP contribution in [0.4, 0.5) is 0 Å². The van der Waals surface area contributed by atoms with Gasteiger partial charge >= 0.3 is 0 Å². The lowest BCUT2D eigenvalue weighted by Crippen LogP contribution is -2.25. The van der Waals surface area contributed by atoms with E-state index in [0.717, 1.165) is 71.6 Å². The highest BCUT2D eigenvalue weighted by molar-refractivity contribution is 6.28. The molecule has 2 aliphatic rings. The normalized spacial score (nSPS) is 13.6. The fourth-order valence-corrected chi connectivity index (χ4v) is 12.6. The van der Waals surface area contributed by atoms with Crippen molar-refractivity contribution in [1.82, 2.24) is 0 Å². The Labute approximate surface area is 377 Å². The highest BCUT2D eigenvalue weighted by Crippen LogP contribution is 2.64. The molecule has 3 aromatic heterocycles. The van der Waals surface area contributed by atoms with Gasteiger partial charge in [-0.2, -0.15) is 0 Å². The van der Waals surface area contributed by atoms with Crippen LogP contribution in [0.1, 0.15) is 22.3 Å². The van der Waals surface area contributed by atoms with Gasteiger partial charge in [0.2, 0.25) is 0 Å². The molecule has 0 atom stereocenters. The topological polar surface area (TPSA) is 39.4 Å². The third-order valence-corrected chi connectivity index (χ3v) is 15.1. The zero-order valence-corrected chi connectivity index (χ0v) is 35.4. The van der Waals surface area contributed by atoms with Gasteiger partial charge in [0.1, 0.15) is 33.5 Å². The second kappa shape index (κ2) is 12.3. The molecule has 0 aliphatic heterocycles. The van der Waals surface area contributed by atoms with Crippen LogP contribution in [0.15, 0.2) is 220 Å². The number of benzene rings is 11. The van der Waals surface area contributed by atoms with Gasteiger partial charge in [0.25, 0.3) is 0 Å². The summed E-state index contributed by atoms with van der Waals surface area (Å²) in [6.07, 6.45) is 0. The van der Waals surface area contributed by atoms with Gasteiger partial charge in [-0.1, -0.05) is 170 Å². The monoisotopic (exact) mass is 838 g/mol. The summed E-state index contributed by atoms with van der Waals surface area (Å²) in [5, 5.41) is 11.3. The molecule has 2 aliphatic carbocycles. The third kappa shape index (κ3) is 4.15. The van der Waals surface area contributed by atoms with Crippen molar-refractivity contribution in [3.8, 4) is 44.5 Å². The summed E-state index contributed by atoms with van der Waals surface area (Å²) in [4.78, 5) is 0. The molecule has 304 valence electrons. The lowest BCUT2D eigenvalue weighted by Gasteiger charge is -2.30. The van der Waals surface area contributed by atoms with Crippen LogP contribution in [0.5, 0.6) is 0 Å². The summed E-state index contributed by atoms with van der Waals surface area (Å²) in [5.41, 5.74) is 19.8. The first kappa shape index (κ1) is 34.8. The van der Waals surface area contributed by atoms with E-state index in [1.807, 2.05) is 24.3 Å². The Morgan fingerprint density at radius 3 is 1.42 bits per heavy atom. The number of furan rings is 3. The molecule has 3 nitrogen and oxygen atoms in total. The maximum atomic E-state index is 7.19. The molecule has 0 N–H and O–H groups in total. The van der Waals surface area contributed by atoms with Crippen molar-refractivity contribution in [3.05, 3.63) is 229 Å². The first-order chi connectivity index (χ1) is 32.8. The van der Waals surface area contributed by atoms with Crippen LogP contribution >= 0.6 is 0 Å². The van der Waals surface area contributed by atoms with Gasteiger partial charge in [0.15, 0.2) is 0 Å². The Morgan fingerprint density at radius 1 is 0.258 bits per heavy atom. The summed E-state index contributed by atoms with van der Waals surface area (Å²) in [6.45, 7) is 0. The van der Waals surface area contributed by atoms with Crippen LogP contribution < -0.4 is 0 Å². The van der Waals surface area contributed by atoms with Gasteiger partial charge in [-0.3, -0.25) is 0 Å². The number of fused-ring (bicyclic) bond motifs is 23. The maximum Gasteiger partial charge on any atom is 0.143 e. The van der Waals surface area contributed by atoms with Crippen molar-refractivity contribution in [2.45, 2.75) is 5.41 Å². The van der Waals surface area contributed by atoms with Crippen LogP contribution in [-0.4, -0.2) is 0 Å². The Morgan fingerprint density at radius 2 is 0.742 bits per heavy atom. The molecule has 0 unspecified atom stereocenters. The van der Waals surface area contributed by atoms with Crippen molar-refractivity contribution in [2.24, 2.45) is 0 Å². The van der Waals surface area contributed by atoms with Gasteiger partial charge in [-0.15, -0.1) is 0 Å². The summed E-state index contributed by atoms with van der Waals surface area (Å²) in [6, 6.07) is 75.1. The first-order valence-electron chi connectivity index (χ1n) is 22.7. The minimum absolute atomic E-state index is 0.429. The Bertz CT molecular complexity index is 4370. The molecular weight excluding hydrogens is 805 g/mol. The van der Waals surface area contributed by atoms with Gasteiger partial charge in [-0.05, 0) is 114 Å². The van der Waals surface area contributed by atoms with Crippen molar-refractivity contribution in [2.75, 3.05) is 0 Å². The average molecular weight is 839 g/mol. The molecule has 0 bridgehead atoms. The number of hydrogen-bond donors (Lipinski definition) is 0. The molecule has 0 radical (unpaired) electrons. The molecule has 3 heteroatoms. The van der Waals surface area contributed by atoms with Crippen molar-refractivity contribution < 1.29 is 13.3 Å². The highest BCUT2D eigenvalue weighted by atomic mass is 16.3. The molecule has 1 spiro atoms. The van der Waals surface area contributed by atoms with E-state index in [-0.39, 0.29) is 0 Å². The molecule has 16 rings (SSSR count). The van der Waals surface area contributed by atoms with Gasteiger partial charge in [-0.25, -0.2) is 0 Å². The van der Waals surface area contributed by atoms with E-state index < -0.39 is 5.41 Å². The van der Waals surface area contributed by atoms with E-state index in [9.17, 15) is 0 Å². The molecule has 0 amide bonds. The number of para-hydroxylation sites is 2. The van der Waals surface area contributed by atoms with Crippen LogP contribution in [0.25, 0.3) is 132 Å². The van der Waals surface area contributed by atoms with Crippen LogP contribution in [-0.2, 0) is 5.41 Å². The minimum atomic E-state index is -0.429. The predicted molar refractivity (Wildman–Crippen MR) is 270 cm³/mol. The molecule has 0 fully saturated rings. The largest absolute Gasteiger partial charge is 0.456 e. The quantitative estimate of drug-likeness (QED) is 0.163. The van der Waals surface area contributed by atoms with E-state index in [1.54, 1.807) is 0 Å². The molecule has 0 saturated heterocycles. The van der Waals surface area contributed by atoms with Crippen LogP contribution in [0, 0.1) is 0 Å². The Hall–Kier alpha value is -8.66. The zero-order chi connectivity index (χ0) is 42.8. The molecule has 14 aromatic rings. The lowest BCUT2D eigenvalue weighted by molar-refractivity contribution is 0.663. The molecule has 11 aromatic carbocycles. The van der Waals surface area contributed by atoms with E-state index >= 15 is 0 Å². The summed E-state index contributed by atoms with van der Waals surface area (Å²) in [5.74, 6) is 0. The van der Waals surface area contributed by atoms with Gasteiger partial charge in [0, 0.05) is 43.4 Å². The minimum Gasteiger partial charge on any atom is -0.456 e. The maximum absolute atomic E-state index is 7.19. The molecule has 66 heavy (non-hydrogen) atoms. The Kier molecular flexibility index (Phi) is 6.49. The Balaban J connectivity index is 0.945. The molecule has 3 heterocycles. The smallest absolute Gasteiger partial charge is 0.143 e. The van der Waals surface area contributed by atoms with Crippen molar-refractivity contribution in [1.29, 1.82) is 0 Å². The fourth-order valence-electron chi connectivity index (χ4n) is 12.6. The SMILES string of the molecule is c1ccc2c(c1)-c1ccccc1C21c2ccccc2-c2c1ccc1oc3c(-c4c5ccccc5c(-c5ccc6c(c5)oc5ccc7oc8ccccc8c7c56)c5ccccc45)cccc3c21. The second-order valence-electron chi connectivity index (χ2n) is 18.1. The summed E-state index contributed by atoms with van der Waals surface area (Å²) in [7, 11) is 0. The number of hydrogen-bond acceptors (Lipinski definition) is 3. The van der Waals surface area contributed by atoms with E-state index in [0.29, 0.717) is 0 Å². The average Bonchev–Trinajstić information content (AvgIpc) is 4.18.